The lowest BCUT2D eigenvalue weighted by molar-refractivity contribution is 0.443. The summed E-state index contributed by atoms with van der Waals surface area (Å²) in [5.74, 6) is 0.667. The molecule has 2 nitrogen and oxygen atoms in total. The Balaban J connectivity index is 0.998. The van der Waals surface area contributed by atoms with E-state index in [1.807, 2.05) is 0 Å². The number of benzene rings is 8. The van der Waals surface area contributed by atoms with Crippen LogP contribution in [0, 0.1) is 0 Å². The molecule has 2 aliphatic carbocycles. The molecular weight excluding hydrogens is 713 g/mol. The second-order valence-electron chi connectivity index (χ2n) is 17.2. The van der Waals surface area contributed by atoms with Gasteiger partial charge in [-0.1, -0.05) is 161 Å². The van der Waals surface area contributed by atoms with Crippen LogP contribution in [0.5, 0.6) is 0 Å². The third-order valence-electron chi connectivity index (χ3n) is 13.4. The highest BCUT2D eigenvalue weighted by Crippen LogP contribution is 2.52. The lowest BCUT2D eigenvalue weighted by atomic mass is 9.82. The number of anilines is 3. The monoisotopic (exact) mass is 760 g/mol. The van der Waals surface area contributed by atoms with E-state index in [-0.39, 0.29) is 5.41 Å². The summed E-state index contributed by atoms with van der Waals surface area (Å²) in [6.45, 7) is 4.81. The number of hydrogen-bond donors (Lipinski definition) is 0. The van der Waals surface area contributed by atoms with Crippen molar-refractivity contribution in [1.29, 1.82) is 0 Å². The summed E-state index contributed by atoms with van der Waals surface area (Å²) in [6, 6.07) is 70.1. The molecule has 0 spiro atoms. The van der Waals surface area contributed by atoms with Crippen molar-refractivity contribution < 1.29 is 0 Å². The molecule has 0 N–H and O–H groups in total. The van der Waals surface area contributed by atoms with Crippen molar-refractivity contribution in [3.05, 3.63) is 205 Å². The van der Waals surface area contributed by atoms with Gasteiger partial charge in [-0.15, -0.1) is 0 Å². The first-order valence-electron chi connectivity index (χ1n) is 21.5. The van der Waals surface area contributed by atoms with Crippen molar-refractivity contribution in [1.82, 2.24) is 4.57 Å². The van der Waals surface area contributed by atoms with Crippen LogP contribution in [0.15, 0.2) is 188 Å². The number of para-hydroxylation sites is 2. The summed E-state index contributed by atoms with van der Waals surface area (Å²) < 4.78 is 2.44. The van der Waals surface area contributed by atoms with Gasteiger partial charge >= 0.3 is 0 Å². The van der Waals surface area contributed by atoms with Crippen molar-refractivity contribution in [2.24, 2.45) is 0 Å². The zero-order chi connectivity index (χ0) is 39.5. The largest absolute Gasteiger partial charge is 0.310 e. The van der Waals surface area contributed by atoms with Gasteiger partial charge in [-0.05, 0) is 129 Å². The SMILES string of the molecule is CC1(C)c2cc(N(c3ccc(C4CCCCC4)cc3)c3cccc(-c4ccc(-c5ccccc5)cc4)c3)ccc2-c2ccc(-n3c4ccccc4c4ccccc43)cc21. The lowest BCUT2D eigenvalue weighted by Gasteiger charge is -2.29. The van der Waals surface area contributed by atoms with E-state index in [4.69, 9.17) is 0 Å². The average Bonchev–Trinajstić information content (AvgIpc) is 3.75. The van der Waals surface area contributed by atoms with Crippen LogP contribution in [0.25, 0.3) is 60.9 Å². The Hall–Kier alpha value is -6.64. The predicted octanol–water partition coefficient (Wildman–Crippen LogP) is 15.9. The van der Waals surface area contributed by atoms with Crippen molar-refractivity contribution >= 4 is 38.9 Å². The predicted molar refractivity (Wildman–Crippen MR) is 250 cm³/mol. The summed E-state index contributed by atoms with van der Waals surface area (Å²) in [4.78, 5) is 2.47. The first-order valence-corrected chi connectivity index (χ1v) is 21.5. The molecule has 0 bridgehead atoms. The van der Waals surface area contributed by atoms with Crippen molar-refractivity contribution in [2.45, 2.75) is 57.3 Å². The van der Waals surface area contributed by atoms with Crippen LogP contribution in [-0.4, -0.2) is 4.57 Å². The van der Waals surface area contributed by atoms with Gasteiger partial charge in [0, 0.05) is 38.9 Å². The maximum atomic E-state index is 2.47. The van der Waals surface area contributed by atoms with Gasteiger partial charge in [0.1, 0.15) is 0 Å². The molecule has 8 aromatic carbocycles. The van der Waals surface area contributed by atoms with E-state index in [0.717, 1.165) is 5.69 Å². The van der Waals surface area contributed by atoms with Gasteiger partial charge in [0.25, 0.3) is 0 Å². The van der Waals surface area contributed by atoms with E-state index in [0.29, 0.717) is 5.92 Å². The summed E-state index contributed by atoms with van der Waals surface area (Å²) in [6.07, 6.45) is 6.64. The normalized spacial score (nSPS) is 14.7. The van der Waals surface area contributed by atoms with E-state index in [1.165, 1.54) is 121 Å². The second kappa shape index (κ2) is 14.3. The fourth-order valence-electron chi connectivity index (χ4n) is 10.3. The molecule has 2 aliphatic rings. The molecular formula is C57H48N2. The van der Waals surface area contributed by atoms with Gasteiger partial charge in [-0.3, -0.25) is 0 Å². The van der Waals surface area contributed by atoms with Crippen LogP contribution in [0.2, 0.25) is 0 Å². The summed E-state index contributed by atoms with van der Waals surface area (Å²) in [5, 5.41) is 2.58. The van der Waals surface area contributed by atoms with Crippen LogP contribution in [0.3, 0.4) is 0 Å². The number of rotatable bonds is 7. The Morgan fingerprint density at radius 3 is 1.68 bits per heavy atom. The Bertz CT molecular complexity index is 2930. The Labute approximate surface area is 348 Å². The van der Waals surface area contributed by atoms with Gasteiger partial charge < -0.3 is 9.47 Å². The van der Waals surface area contributed by atoms with Crippen molar-refractivity contribution in [3.8, 4) is 39.1 Å². The first-order chi connectivity index (χ1) is 29.0. The van der Waals surface area contributed by atoms with E-state index < -0.39 is 0 Å². The maximum Gasteiger partial charge on any atom is 0.0541 e. The zero-order valence-corrected chi connectivity index (χ0v) is 33.9. The molecule has 0 atom stereocenters. The molecule has 0 aliphatic heterocycles. The number of hydrogen-bond acceptors (Lipinski definition) is 1. The van der Waals surface area contributed by atoms with E-state index in [2.05, 4.69) is 211 Å². The molecule has 0 radical (unpaired) electrons. The highest BCUT2D eigenvalue weighted by molar-refractivity contribution is 6.09. The minimum absolute atomic E-state index is 0.200. The second-order valence-corrected chi connectivity index (χ2v) is 17.2. The third kappa shape index (κ3) is 6.09. The van der Waals surface area contributed by atoms with E-state index >= 15 is 0 Å². The van der Waals surface area contributed by atoms with Crippen molar-refractivity contribution in [3.63, 3.8) is 0 Å². The Morgan fingerprint density at radius 2 is 0.983 bits per heavy atom. The lowest BCUT2D eigenvalue weighted by Crippen LogP contribution is -2.17. The van der Waals surface area contributed by atoms with Gasteiger partial charge in [-0.2, -0.15) is 0 Å². The van der Waals surface area contributed by atoms with Crippen LogP contribution in [0.1, 0.15) is 68.6 Å². The quantitative estimate of drug-likeness (QED) is 0.157. The van der Waals surface area contributed by atoms with Crippen LogP contribution < -0.4 is 4.90 Å². The fraction of sp³-hybridized carbons (Fsp3) is 0.158. The first kappa shape index (κ1) is 35.5. The van der Waals surface area contributed by atoms with Gasteiger partial charge in [0.15, 0.2) is 0 Å². The molecule has 0 amide bonds. The third-order valence-corrected chi connectivity index (χ3v) is 13.4. The molecule has 1 fully saturated rings. The van der Waals surface area contributed by atoms with E-state index in [9.17, 15) is 0 Å². The average molecular weight is 761 g/mol. The molecule has 59 heavy (non-hydrogen) atoms. The molecule has 0 saturated heterocycles. The Kier molecular flexibility index (Phi) is 8.62. The van der Waals surface area contributed by atoms with Gasteiger partial charge in [0.2, 0.25) is 0 Å². The van der Waals surface area contributed by atoms with Crippen LogP contribution in [0.4, 0.5) is 17.1 Å². The number of nitrogens with zero attached hydrogens (tertiary/aromatic N) is 2. The fourth-order valence-corrected chi connectivity index (χ4v) is 10.3. The molecule has 0 unspecified atom stereocenters. The number of aromatic nitrogens is 1. The molecule has 9 aromatic rings. The van der Waals surface area contributed by atoms with Gasteiger partial charge in [0.05, 0.1) is 11.0 Å². The smallest absolute Gasteiger partial charge is 0.0541 e. The molecule has 1 saturated carbocycles. The van der Waals surface area contributed by atoms with E-state index in [1.54, 1.807) is 0 Å². The molecule has 1 aromatic heterocycles. The summed E-state index contributed by atoms with van der Waals surface area (Å²) in [5.41, 5.74) is 18.7. The Morgan fingerprint density at radius 1 is 0.441 bits per heavy atom. The highest BCUT2D eigenvalue weighted by Gasteiger charge is 2.36. The van der Waals surface area contributed by atoms with Gasteiger partial charge in [-0.25, -0.2) is 0 Å². The van der Waals surface area contributed by atoms with Crippen LogP contribution in [-0.2, 0) is 5.41 Å². The van der Waals surface area contributed by atoms with Crippen LogP contribution >= 0.6 is 0 Å². The van der Waals surface area contributed by atoms with Crippen molar-refractivity contribution in [2.75, 3.05) is 4.90 Å². The molecule has 286 valence electrons. The standard InChI is InChI=1S/C57H48N2/c1-57(2)53-37-47(32-34-49(53)50-35-33-48(38-54(50)57)59-55-22-11-9-20-51(55)52-21-10-12-23-56(52)59)58(45-30-28-42(29-31-45)40-16-7-4-8-17-40)46-19-13-18-44(36-46)43-26-24-41(25-27-43)39-14-5-3-6-15-39/h3,5-6,9-15,18-38,40H,4,7-8,16-17H2,1-2H3. The summed E-state index contributed by atoms with van der Waals surface area (Å²) in [7, 11) is 0. The zero-order valence-electron chi connectivity index (χ0n) is 33.9. The molecule has 11 rings (SSSR count). The highest BCUT2D eigenvalue weighted by atomic mass is 15.1. The maximum absolute atomic E-state index is 2.47. The summed E-state index contributed by atoms with van der Waals surface area (Å²) >= 11 is 0. The minimum Gasteiger partial charge on any atom is -0.310 e. The topological polar surface area (TPSA) is 8.17 Å². The molecule has 2 heteroatoms. The molecule has 1 heterocycles. The minimum atomic E-state index is -0.200. The number of fused-ring (bicyclic) bond motifs is 6.